The highest BCUT2D eigenvalue weighted by molar-refractivity contribution is 5.77. The number of unbranched alkanes of at least 4 members (excludes halogenated alkanes) is 15. The first-order valence-corrected chi connectivity index (χ1v) is 13.6. The number of hydrogen-bond acceptors (Lipinski definition) is 4. The third kappa shape index (κ3) is 20.8. The van der Waals surface area contributed by atoms with Crippen LogP contribution < -0.4 is 0 Å². The first-order valence-electron chi connectivity index (χ1n) is 13.6. The molecule has 0 aliphatic heterocycles. The molecule has 0 saturated heterocycles. The second kappa shape index (κ2) is 20.5. The standard InChI is InChI=1S/C28H54O4/c1-6-7-8-9-10-11-12-13-14-15-16-17-18-19-20-21-24-31-26(29)22-23-27(30)32-25(2)28(3,4)5/h25H,6-24H2,1-5H3. The summed E-state index contributed by atoms with van der Waals surface area (Å²) in [6, 6.07) is 0. The van der Waals surface area contributed by atoms with Crippen LogP contribution in [0.25, 0.3) is 0 Å². The summed E-state index contributed by atoms with van der Waals surface area (Å²) >= 11 is 0. The van der Waals surface area contributed by atoms with E-state index >= 15 is 0 Å². The van der Waals surface area contributed by atoms with Gasteiger partial charge in [-0.25, -0.2) is 0 Å². The number of carbonyl (C=O) groups excluding carboxylic acids is 2. The van der Waals surface area contributed by atoms with Gasteiger partial charge in [-0.3, -0.25) is 9.59 Å². The quantitative estimate of drug-likeness (QED) is 0.129. The van der Waals surface area contributed by atoms with Crippen molar-refractivity contribution in [2.24, 2.45) is 5.41 Å². The second-order valence-corrected chi connectivity index (χ2v) is 10.5. The van der Waals surface area contributed by atoms with Crippen LogP contribution in [0.2, 0.25) is 0 Å². The Morgan fingerprint density at radius 3 is 1.41 bits per heavy atom. The van der Waals surface area contributed by atoms with Crippen LogP contribution in [0.3, 0.4) is 0 Å². The summed E-state index contributed by atoms with van der Waals surface area (Å²) in [6.45, 7) is 10.7. The fourth-order valence-corrected chi connectivity index (χ4v) is 3.55. The zero-order valence-corrected chi connectivity index (χ0v) is 22.1. The van der Waals surface area contributed by atoms with Crippen LogP contribution in [0.5, 0.6) is 0 Å². The van der Waals surface area contributed by atoms with Gasteiger partial charge in [0.25, 0.3) is 0 Å². The molecule has 0 N–H and O–H groups in total. The van der Waals surface area contributed by atoms with E-state index in [-0.39, 0.29) is 36.3 Å². The molecule has 0 heterocycles. The summed E-state index contributed by atoms with van der Waals surface area (Å²) in [4.78, 5) is 23.6. The van der Waals surface area contributed by atoms with E-state index in [1.165, 1.54) is 89.9 Å². The molecule has 0 amide bonds. The molecule has 4 heteroatoms. The Morgan fingerprint density at radius 2 is 1.00 bits per heavy atom. The van der Waals surface area contributed by atoms with Crippen molar-refractivity contribution >= 4 is 11.9 Å². The molecule has 0 aromatic rings. The van der Waals surface area contributed by atoms with Gasteiger partial charge in [0.2, 0.25) is 0 Å². The molecule has 32 heavy (non-hydrogen) atoms. The first kappa shape index (κ1) is 30.9. The van der Waals surface area contributed by atoms with E-state index in [1.807, 2.05) is 27.7 Å². The number of rotatable bonds is 21. The van der Waals surface area contributed by atoms with Crippen LogP contribution in [0.4, 0.5) is 0 Å². The zero-order valence-electron chi connectivity index (χ0n) is 22.1. The van der Waals surface area contributed by atoms with Gasteiger partial charge in [0.05, 0.1) is 19.4 Å². The minimum atomic E-state index is -0.327. The van der Waals surface area contributed by atoms with E-state index in [2.05, 4.69) is 6.92 Å². The smallest absolute Gasteiger partial charge is 0.306 e. The predicted octanol–water partition coefficient (Wildman–Crippen LogP) is 8.55. The maximum atomic E-state index is 11.8. The topological polar surface area (TPSA) is 52.6 Å². The van der Waals surface area contributed by atoms with Gasteiger partial charge in [-0.2, -0.15) is 0 Å². The van der Waals surface area contributed by atoms with Crippen molar-refractivity contribution in [1.82, 2.24) is 0 Å². The molecule has 0 aromatic heterocycles. The molecule has 0 saturated carbocycles. The van der Waals surface area contributed by atoms with Crippen molar-refractivity contribution in [3.8, 4) is 0 Å². The van der Waals surface area contributed by atoms with Crippen molar-refractivity contribution in [1.29, 1.82) is 0 Å². The lowest BCUT2D eigenvalue weighted by Gasteiger charge is -2.26. The van der Waals surface area contributed by atoms with Crippen LogP contribution in [0, 0.1) is 5.41 Å². The van der Waals surface area contributed by atoms with Gasteiger partial charge >= 0.3 is 11.9 Å². The average molecular weight is 455 g/mol. The number of carbonyl (C=O) groups is 2. The van der Waals surface area contributed by atoms with Crippen molar-refractivity contribution in [3.63, 3.8) is 0 Å². The SMILES string of the molecule is CCCCCCCCCCCCCCCCCCOC(=O)CCC(=O)OC(C)C(C)(C)C. The van der Waals surface area contributed by atoms with E-state index in [4.69, 9.17) is 9.47 Å². The summed E-state index contributed by atoms with van der Waals surface area (Å²) in [5, 5.41) is 0. The summed E-state index contributed by atoms with van der Waals surface area (Å²) in [5.41, 5.74) is -0.0938. The molecule has 0 radical (unpaired) electrons. The van der Waals surface area contributed by atoms with Crippen LogP contribution in [0.1, 0.15) is 150 Å². The molecule has 0 spiro atoms. The average Bonchev–Trinajstić information content (AvgIpc) is 2.73. The monoisotopic (exact) mass is 454 g/mol. The highest BCUT2D eigenvalue weighted by atomic mass is 16.5. The van der Waals surface area contributed by atoms with Crippen molar-refractivity contribution in [2.75, 3.05) is 6.61 Å². The Hall–Kier alpha value is -1.06. The van der Waals surface area contributed by atoms with Gasteiger partial charge in [0.15, 0.2) is 0 Å². The van der Waals surface area contributed by atoms with Gasteiger partial charge in [-0.15, -0.1) is 0 Å². The van der Waals surface area contributed by atoms with Crippen LogP contribution >= 0.6 is 0 Å². The lowest BCUT2D eigenvalue weighted by molar-refractivity contribution is -0.156. The minimum Gasteiger partial charge on any atom is -0.466 e. The van der Waals surface area contributed by atoms with Gasteiger partial charge in [0.1, 0.15) is 6.10 Å². The van der Waals surface area contributed by atoms with Gasteiger partial charge < -0.3 is 9.47 Å². The predicted molar refractivity (Wildman–Crippen MR) is 135 cm³/mol. The highest BCUT2D eigenvalue weighted by Gasteiger charge is 2.23. The third-order valence-electron chi connectivity index (χ3n) is 6.32. The van der Waals surface area contributed by atoms with Gasteiger partial charge in [-0.1, -0.05) is 124 Å². The number of hydrogen-bond donors (Lipinski definition) is 0. The Balaban J connectivity index is 3.35. The maximum Gasteiger partial charge on any atom is 0.306 e. The molecule has 1 unspecified atom stereocenters. The van der Waals surface area contributed by atoms with E-state index in [0.29, 0.717) is 6.61 Å². The van der Waals surface area contributed by atoms with Gasteiger partial charge in [0, 0.05) is 0 Å². The fourth-order valence-electron chi connectivity index (χ4n) is 3.55. The lowest BCUT2D eigenvalue weighted by atomic mass is 9.90. The van der Waals surface area contributed by atoms with Crippen molar-refractivity contribution in [3.05, 3.63) is 0 Å². The van der Waals surface area contributed by atoms with E-state index in [9.17, 15) is 9.59 Å². The fraction of sp³-hybridized carbons (Fsp3) is 0.929. The number of ether oxygens (including phenoxy) is 2. The van der Waals surface area contributed by atoms with Crippen molar-refractivity contribution < 1.29 is 19.1 Å². The van der Waals surface area contributed by atoms with E-state index < -0.39 is 0 Å². The van der Waals surface area contributed by atoms with Crippen molar-refractivity contribution in [2.45, 2.75) is 156 Å². The summed E-state index contributed by atoms with van der Waals surface area (Å²) < 4.78 is 10.6. The Morgan fingerprint density at radius 1 is 0.625 bits per heavy atom. The molecule has 1 atom stereocenters. The Labute approximate surface area is 199 Å². The molecular formula is C28H54O4. The van der Waals surface area contributed by atoms with Crippen LogP contribution in [-0.2, 0) is 19.1 Å². The van der Waals surface area contributed by atoms with E-state index in [0.717, 1.165) is 12.8 Å². The molecule has 0 aliphatic carbocycles. The number of esters is 2. The minimum absolute atomic E-state index is 0.0938. The zero-order chi connectivity index (χ0) is 24.1. The van der Waals surface area contributed by atoms with Crippen LogP contribution in [0.15, 0.2) is 0 Å². The summed E-state index contributed by atoms with van der Waals surface area (Å²) in [6.07, 6.45) is 21.3. The Kier molecular flexibility index (Phi) is 19.9. The summed E-state index contributed by atoms with van der Waals surface area (Å²) in [7, 11) is 0. The lowest BCUT2D eigenvalue weighted by Crippen LogP contribution is -2.28. The normalized spacial score (nSPS) is 12.5. The maximum absolute atomic E-state index is 11.8. The highest BCUT2D eigenvalue weighted by Crippen LogP contribution is 2.22. The van der Waals surface area contributed by atoms with Gasteiger partial charge in [-0.05, 0) is 18.8 Å². The van der Waals surface area contributed by atoms with E-state index in [1.54, 1.807) is 0 Å². The third-order valence-corrected chi connectivity index (χ3v) is 6.32. The Bertz CT molecular complexity index is 453. The summed E-state index contributed by atoms with van der Waals surface area (Å²) in [5.74, 6) is -0.627. The largest absolute Gasteiger partial charge is 0.466 e. The molecule has 0 fully saturated rings. The molecule has 4 nitrogen and oxygen atoms in total. The molecule has 0 rings (SSSR count). The molecular weight excluding hydrogens is 400 g/mol. The molecule has 190 valence electrons. The molecule has 0 aromatic carbocycles. The first-order chi connectivity index (χ1) is 15.3. The second-order valence-electron chi connectivity index (χ2n) is 10.5. The molecule has 0 bridgehead atoms. The molecule has 0 aliphatic rings. The van der Waals surface area contributed by atoms with Crippen LogP contribution in [-0.4, -0.2) is 24.6 Å².